The zero-order valence-electron chi connectivity index (χ0n) is 17.4. The molecule has 0 saturated carbocycles. The van der Waals surface area contributed by atoms with Gasteiger partial charge in [0.15, 0.2) is 0 Å². The van der Waals surface area contributed by atoms with E-state index in [0.717, 1.165) is 19.5 Å². The van der Waals surface area contributed by atoms with E-state index >= 15 is 0 Å². The van der Waals surface area contributed by atoms with Gasteiger partial charge in [-0.1, -0.05) is 33.8 Å². The van der Waals surface area contributed by atoms with Gasteiger partial charge < -0.3 is 24.6 Å². The minimum atomic E-state index is -4.70. The maximum Gasteiger partial charge on any atom is 1.00 e. The summed E-state index contributed by atoms with van der Waals surface area (Å²) in [6.07, 6.45) is 3.14. The normalized spacial score (nSPS) is 21.5. The number of hydrogen-bond donors (Lipinski definition) is 1. The minimum Gasteiger partial charge on any atom is -0.808 e. The first kappa shape index (κ1) is 29.5. The molecule has 1 aliphatic rings. The van der Waals surface area contributed by atoms with Crippen LogP contribution in [-0.2, 0) is 9.36 Å². The molecule has 1 rings (SSSR count). The van der Waals surface area contributed by atoms with Gasteiger partial charge in [0.2, 0.25) is 5.91 Å². The van der Waals surface area contributed by atoms with Crippen LogP contribution in [0.5, 0.6) is 0 Å². The number of nitrogens with one attached hydrogen (secondary N) is 1. The van der Waals surface area contributed by atoms with Crippen LogP contribution in [-0.4, -0.2) is 36.0 Å². The summed E-state index contributed by atoms with van der Waals surface area (Å²) < 4.78 is 11.5. The van der Waals surface area contributed by atoms with Gasteiger partial charge in [-0.2, -0.15) is 0 Å². The third-order valence-electron chi connectivity index (χ3n) is 4.80. The summed E-state index contributed by atoms with van der Waals surface area (Å²) in [7, 11) is -4.70. The van der Waals surface area contributed by atoms with E-state index in [1.54, 1.807) is 6.08 Å². The molecular formula is C17H31N2Na2O4P. The topological polar surface area (TPSA) is 95.5 Å². The first-order valence-electron chi connectivity index (χ1n) is 8.82. The molecule has 9 heteroatoms. The third-order valence-corrected chi connectivity index (χ3v) is 5.87. The second-order valence-electron chi connectivity index (χ2n) is 7.02. The van der Waals surface area contributed by atoms with Gasteiger partial charge in [0.1, 0.15) is 0 Å². The van der Waals surface area contributed by atoms with Crippen molar-refractivity contribution in [3.8, 4) is 0 Å². The molecule has 3 unspecified atom stereocenters. The predicted octanol–water partition coefficient (Wildman–Crippen LogP) is -4.54. The maximum atomic E-state index is 11.6. The van der Waals surface area contributed by atoms with Crippen LogP contribution in [0.1, 0.15) is 53.9 Å². The van der Waals surface area contributed by atoms with Gasteiger partial charge in [0.25, 0.3) is 0 Å². The maximum absolute atomic E-state index is 11.6. The van der Waals surface area contributed by atoms with Crippen molar-refractivity contribution in [3.63, 3.8) is 0 Å². The van der Waals surface area contributed by atoms with Crippen molar-refractivity contribution >= 4 is 13.5 Å². The fourth-order valence-corrected chi connectivity index (χ4v) is 4.48. The van der Waals surface area contributed by atoms with Crippen LogP contribution >= 0.6 is 7.60 Å². The Balaban J connectivity index is 0. The molecule has 0 fully saturated rings. The van der Waals surface area contributed by atoms with Gasteiger partial charge in [-0.25, -0.2) is 0 Å². The van der Waals surface area contributed by atoms with E-state index < -0.39 is 7.60 Å². The summed E-state index contributed by atoms with van der Waals surface area (Å²) in [6.45, 7) is 11.3. The molecule has 140 valence electrons. The first-order valence-corrected chi connectivity index (χ1v) is 10.4. The summed E-state index contributed by atoms with van der Waals surface area (Å²) in [5, 5.41) is 3.06. The molecule has 3 atom stereocenters. The molecule has 26 heavy (non-hydrogen) atoms. The SMILES string of the molecule is CCN(CC)C1CC(P(=O)([O-])[O-])=CCC1C(CC(C)C)NC(C)=O.[Na+].[Na+]. The van der Waals surface area contributed by atoms with Crippen LogP contribution in [0.25, 0.3) is 0 Å². The van der Waals surface area contributed by atoms with Gasteiger partial charge >= 0.3 is 59.1 Å². The Bertz CT molecular complexity index is 507. The number of rotatable bonds is 8. The van der Waals surface area contributed by atoms with Gasteiger partial charge in [-0.05, 0) is 57.1 Å². The fraction of sp³-hybridized carbons (Fsp3) is 0.824. The summed E-state index contributed by atoms with van der Waals surface area (Å²) in [5.74, 6) is 0.438. The van der Waals surface area contributed by atoms with Gasteiger partial charge in [0.05, 0.1) is 0 Å². The Morgan fingerprint density at radius 3 is 2.23 bits per heavy atom. The van der Waals surface area contributed by atoms with E-state index in [4.69, 9.17) is 0 Å². The standard InChI is InChI=1S/C17H33N2O4P.2Na/c1-6-19(7-2)17-11-14(24(21,22)23)8-9-15(17)16(10-12(3)4)18-13(5)20;;/h8,12,15-17H,6-7,9-11H2,1-5H3,(H,18,20)(H2,21,22,23);;/q;2*+1/p-2. The van der Waals surface area contributed by atoms with Gasteiger partial charge in [-0.3, -0.25) is 4.79 Å². The number of allylic oxidation sites excluding steroid dienone is 1. The second-order valence-corrected chi connectivity index (χ2v) is 8.59. The van der Waals surface area contributed by atoms with Crippen LogP contribution in [0, 0.1) is 11.8 Å². The van der Waals surface area contributed by atoms with Crippen LogP contribution in [0.4, 0.5) is 0 Å². The first-order chi connectivity index (χ1) is 11.1. The van der Waals surface area contributed by atoms with Crippen molar-refractivity contribution in [1.29, 1.82) is 0 Å². The monoisotopic (exact) mass is 404 g/mol. The van der Waals surface area contributed by atoms with Crippen molar-refractivity contribution in [2.75, 3.05) is 13.1 Å². The van der Waals surface area contributed by atoms with Crippen LogP contribution < -0.4 is 74.2 Å². The number of carbonyl (C=O) groups excluding carboxylic acids is 1. The fourth-order valence-electron chi connectivity index (χ4n) is 3.74. The van der Waals surface area contributed by atoms with Crippen molar-refractivity contribution in [3.05, 3.63) is 11.4 Å². The zero-order valence-corrected chi connectivity index (χ0v) is 22.3. The molecule has 0 bridgehead atoms. The summed E-state index contributed by atoms with van der Waals surface area (Å²) in [6, 6.07) is -0.0737. The summed E-state index contributed by atoms with van der Waals surface area (Å²) >= 11 is 0. The predicted molar refractivity (Wildman–Crippen MR) is 92.2 cm³/mol. The largest absolute Gasteiger partial charge is 1.00 e. The molecule has 1 amide bonds. The van der Waals surface area contributed by atoms with E-state index in [1.807, 2.05) is 13.8 Å². The van der Waals surface area contributed by atoms with Crippen LogP contribution in [0.15, 0.2) is 11.4 Å². The molecule has 0 aromatic carbocycles. The summed E-state index contributed by atoms with van der Waals surface area (Å²) in [4.78, 5) is 36.8. The molecule has 1 N–H and O–H groups in total. The number of carbonyl (C=O) groups is 1. The molecule has 0 radical (unpaired) electrons. The van der Waals surface area contributed by atoms with E-state index in [0.29, 0.717) is 12.3 Å². The van der Waals surface area contributed by atoms with Crippen LogP contribution in [0.3, 0.4) is 0 Å². The van der Waals surface area contributed by atoms with Crippen molar-refractivity contribution in [2.45, 2.75) is 66.0 Å². The van der Waals surface area contributed by atoms with E-state index in [1.165, 1.54) is 6.92 Å². The molecule has 0 aromatic rings. The minimum absolute atomic E-state index is 0. The Morgan fingerprint density at radius 2 is 1.85 bits per heavy atom. The third kappa shape index (κ3) is 9.21. The quantitative estimate of drug-likeness (QED) is 0.325. The summed E-state index contributed by atoms with van der Waals surface area (Å²) in [5.41, 5.74) is 0. The van der Waals surface area contributed by atoms with Gasteiger partial charge in [-0.15, -0.1) is 0 Å². The molecular weight excluding hydrogens is 373 g/mol. The Hall–Kier alpha value is 1.32. The second kappa shape index (κ2) is 13.5. The molecule has 0 heterocycles. The molecule has 6 nitrogen and oxygen atoms in total. The average Bonchev–Trinajstić information content (AvgIpc) is 2.46. The Labute approximate surface area is 202 Å². The smallest absolute Gasteiger partial charge is 0.808 e. The molecule has 0 aliphatic heterocycles. The van der Waals surface area contributed by atoms with E-state index in [2.05, 4.69) is 24.1 Å². The zero-order chi connectivity index (χ0) is 18.5. The Kier molecular flexibility index (Phi) is 15.4. The molecule has 0 aromatic heterocycles. The van der Waals surface area contributed by atoms with Crippen molar-refractivity contribution in [2.24, 2.45) is 11.8 Å². The van der Waals surface area contributed by atoms with Crippen molar-refractivity contribution < 1.29 is 78.3 Å². The van der Waals surface area contributed by atoms with E-state index in [-0.39, 0.29) is 94.8 Å². The number of hydrogen-bond acceptors (Lipinski definition) is 5. The molecule has 0 spiro atoms. The van der Waals surface area contributed by atoms with Gasteiger partial charge in [0, 0.05) is 19.0 Å². The molecule has 1 aliphatic carbocycles. The number of nitrogens with zero attached hydrogens (tertiary/aromatic N) is 1. The Morgan fingerprint density at radius 1 is 1.31 bits per heavy atom. The van der Waals surface area contributed by atoms with Crippen LogP contribution in [0.2, 0.25) is 0 Å². The number of amides is 1. The average molecular weight is 404 g/mol. The van der Waals surface area contributed by atoms with Crippen molar-refractivity contribution in [1.82, 2.24) is 10.2 Å². The molecule has 0 saturated heterocycles. The van der Waals surface area contributed by atoms with E-state index in [9.17, 15) is 19.1 Å².